The molecule has 7 heteroatoms. The van der Waals surface area contributed by atoms with Gasteiger partial charge in [0.05, 0.1) is 31.9 Å². The minimum absolute atomic E-state index is 0.107. The van der Waals surface area contributed by atoms with Crippen LogP contribution in [0.5, 0.6) is 11.5 Å². The number of nitrogens with zero attached hydrogens (tertiary/aromatic N) is 2. The minimum Gasteiger partial charge on any atom is -0.493 e. The van der Waals surface area contributed by atoms with Crippen molar-refractivity contribution in [2.45, 2.75) is 50.7 Å². The molecule has 3 fully saturated rings. The number of hydrogen-bond acceptors (Lipinski definition) is 6. The lowest BCUT2D eigenvalue weighted by molar-refractivity contribution is -0.143. The van der Waals surface area contributed by atoms with Crippen molar-refractivity contribution in [1.29, 1.82) is 0 Å². The highest BCUT2D eigenvalue weighted by molar-refractivity contribution is 6.07. The first-order chi connectivity index (χ1) is 16.6. The van der Waals surface area contributed by atoms with Gasteiger partial charge in [0.1, 0.15) is 0 Å². The van der Waals surface area contributed by atoms with E-state index in [-0.39, 0.29) is 17.9 Å². The maximum absolute atomic E-state index is 13.6. The Morgan fingerprint density at radius 2 is 1.65 bits per heavy atom. The fourth-order valence-corrected chi connectivity index (χ4v) is 5.77. The highest BCUT2D eigenvalue weighted by Crippen LogP contribution is 2.45. The number of carbonyl (C=O) groups excluding carboxylic acids is 2. The van der Waals surface area contributed by atoms with E-state index >= 15 is 0 Å². The molecule has 2 aromatic rings. The molecule has 2 saturated heterocycles. The number of amides is 2. The number of imide groups is 1. The van der Waals surface area contributed by atoms with E-state index in [1.165, 1.54) is 11.3 Å². The Morgan fingerprint density at radius 1 is 0.912 bits per heavy atom. The molecule has 3 aliphatic rings. The number of ether oxygens (including phenoxy) is 2. The van der Waals surface area contributed by atoms with Crippen molar-refractivity contribution in [3.63, 3.8) is 0 Å². The Morgan fingerprint density at radius 3 is 2.35 bits per heavy atom. The first-order valence-electron chi connectivity index (χ1n) is 12.2. The van der Waals surface area contributed by atoms with Crippen LogP contribution in [0.3, 0.4) is 0 Å². The second-order valence-electron chi connectivity index (χ2n) is 9.37. The number of para-hydroxylation sites is 1. The summed E-state index contributed by atoms with van der Waals surface area (Å²) in [6.45, 7) is 0.326. The van der Waals surface area contributed by atoms with Gasteiger partial charge in [0, 0.05) is 6.54 Å². The zero-order valence-electron chi connectivity index (χ0n) is 19.8. The van der Waals surface area contributed by atoms with Gasteiger partial charge in [-0.25, -0.2) is 5.06 Å². The van der Waals surface area contributed by atoms with Crippen LogP contribution in [0.4, 0.5) is 5.69 Å². The van der Waals surface area contributed by atoms with Crippen LogP contribution in [-0.4, -0.2) is 49.6 Å². The summed E-state index contributed by atoms with van der Waals surface area (Å²) in [4.78, 5) is 34.6. The minimum atomic E-state index is -0.745. The van der Waals surface area contributed by atoms with E-state index in [1.807, 2.05) is 53.6 Å². The molecule has 7 nitrogen and oxygen atoms in total. The van der Waals surface area contributed by atoms with E-state index < -0.39 is 12.0 Å². The van der Waals surface area contributed by atoms with E-state index in [1.54, 1.807) is 14.2 Å². The van der Waals surface area contributed by atoms with E-state index in [0.717, 1.165) is 36.9 Å². The summed E-state index contributed by atoms with van der Waals surface area (Å²) in [5.74, 6) is 0.834. The number of hydrogen-bond donors (Lipinski definition) is 0. The number of fused-ring (bicyclic) bond motifs is 1. The van der Waals surface area contributed by atoms with Crippen molar-refractivity contribution in [2.75, 3.05) is 25.8 Å². The molecule has 3 atom stereocenters. The van der Waals surface area contributed by atoms with Crippen LogP contribution in [0.25, 0.3) is 0 Å². The fraction of sp³-hybridized carbons (Fsp3) is 0.481. The molecule has 0 unspecified atom stereocenters. The van der Waals surface area contributed by atoms with Gasteiger partial charge in [-0.3, -0.25) is 19.3 Å². The van der Waals surface area contributed by atoms with Crippen molar-refractivity contribution >= 4 is 17.5 Å². The second-order valence-corrected chi connectivity index (χ2v) is 9.37. The number of carbonyl (C=O) groups is 2. The summed E-state index contributed by atoms with van der Waals surface area (Å²) in [5.41, 5.74) is 1.89. The summed E-state index contributed by atoms with van der Waals surface area (Å²) < 4.78 is 10.7. The summed E-state index contributed by atoms with van der Waals surface area (Å²) in [5, 5.41) is 1.87. The van der Waals surface area contributed by atoms with E-state index in [9.17, 15) is 9.59 Å². The Hall–Kier alpha value is -3.06. The molecule has 5 rings (SSSR count). The molecule has 2 heterocycles. The molecule has 0 bridgehead atoms. The van der Waals surface area contributed by atoms with Gasteiger partial charge in [0.2, 0.25) is 5.91 Å². The lowest BCUT2D eigenvalue weighted by atomic mass is 9.77. The van der Waals surface area contributed by atoms with E-state index in [0.29, 0.717) is 30.4 Å². The van der Waals surface area contributed by atoms with Gasteiger partial charge in [-0.2, -0.15) is 0 Å². The maximum atomic E-state index is 13.6. The number of likely N-dealkylation sites (tertiary alicyclic amines) is 1. The van der Waals surface area contributed by atoms with Gasteiger partial charge >= 0.3 is 0 Å². The first kappa shape index (κ1) is 22.7. The highest BCUT2D eigenvalue weighted by atomic mass is 16.7. The lowest BCUT2D eigenvalue weighted by Gasteiger charge is -2.35. The number of rotatable bonds is 7. The summed E-state index contributed by atoms with van der Waals surface area (Å²) in [7, 11) is 3.19. The lowest BCUT2D eigenvalue weighted by Crippen LogP contribution is -2.45. The molecular weight excluding hydrogens is 432 g/mol. The normalized spacial score (nSPS) is 25.1. The Labute approximate surface area is 200 Å². The molecule has 2 amide bonds. The van der Waals surface area contributed by atoms with Crippen LogP contribution in [0, 0.1) is 11.8 Å². The zero-order chi connectivity index (χ0) is 23.7. The highest BCUT2D eigenvalue weighted by Gasteiger charge is 2.60. The smallest absolute Gasteiger partial charge is 0.261 e. The molecule has 0 spiro atoms. The summed E-state index contributed by atoms with van der Waals surface area (Å²) >= 11 is 0. The van der Waals surface area contributed by atoms with Crippen LogP contribution in [0.15, 0.2) is 48.5 Å². The molecule has 1 aliphatic carbocycles. The summed E-state index contributed by atoms with van der Waals surface area (Å²) in [6, 6.07) is 15.4. The van der Waals surface area contributed by atoms with Gasteiger partial charge in [0.25, 0.3) is 5.91 Å². The van der Waals surface area contributed by atoms with Crippen LogP contribution >= 0.6 is 0 Å². The summed E-state index contributed by atoms with van der Waals surface area (Å²) in [6.07, 6.45) is 5.48. The standard InChI is InChI=1S/C27H32N2O5/c1-32-21-14-13-18(17-22(21)33-2)15-16-28-26(30)23-24(19-9-5-3-6-10-19)29(34-25(23)27(28)31)20-11-7-4-8-12-20/h4,7-8,11-14,17,19,23-25H,3,5-6,9-10,15-16H2,1-2H3/t23-,24+,25+/m1/s1. The van der Waals surface area contributed by atoms with Crippen molar-refractivity contribution in [3.8, 4) is 11.5 Å². The molecular formula is C27H32N2O5. The van der Waals surface area contributed by atoms with Gasteiger partial charge in [0.15, 0.2) is 17.6 Å². The average Bonchev–Trinajstić information content (AvgIpc) is 3.39. The van der Waals surface area contributed by atoms with Crippen LogP contribution in [0.2, 0.25) is 0 Å². The topological polar surface area (TPSA) is 68.3 Å². The van der Waals surface area contributed by atoms with Crippen LogP contribution in [-0.2, 0) is 20.8 Å². The van der Waals surface area contributed by atoms with Gasteiger partial charge in [-0.1, -0.05) is 43.5 Å². The Kier molecular flexibility index (Phi) is 6.46. The zero-order valence-corrected chi connectivity index (χ0v) is 19.8. The largest absolute Gasteiger partial charge is 0.493 e. The number of anilines is 1. The predicted molar refractivity (Wildman–Crippen MR) is 128 cm³/mol. The Balaban J connectivity index is 1.36. The molecule has 180 valence electrons. The third-order valence-corrected chi connectivity index (χ3v) is 7.47. The molecule has 0 radical (unpaired) electrons. The van der Waals surface area contributed by atoms with Gasteiger partial charge in [-0.15, -0.1) is 0 Å². The SMILES string of the molecule is COc1ccc(CCN2C(=O)[C@H]3[C@H](ON(c4ccccc4)[C@H]3C3CCCCC3)C2=O)cc1OC. The number of benzene rings is 2. The monoisotopic (exact) mass is 464 g/mol. The quantitative estimate of drug-likeness (QED) is 0.577. The second kappa shape index (κ2) is 9.66. The predicted octanol–water partition coefficient (Wildman–Crippen LogP) is 4.00. The van der Waals surface area contributed by atoms with Crippen molar-refractivity contribution < 1.29 is 23.9 Å². The van der Waals surface area contributed by atoms with Crippen LogP contribution in [0.1, 0.15) is 37.7 Å². The van der Waals surface area contributed by atoms with Crippen molar-refractivity contribution in [1.82, 2.24) is 4.90 Å². The van der Waals surface area contributed by atoms with Crippen molar-refractivity contribution in [3.05, 3.63) is 54.1 Å². The number of methoxy groups -OCH3 is 2. The van der Waals surface area contributed by atoms with Crippen LogP contribution < -0.4 is 14.5 Å². The molecule has 0 N–H and O–H groups in total. The van der Waals surface area contributed by atoms with E-state index in [2.05, 4.69) is 0 Å². The van der Waals surface area contributed by atoms with Crippen molar-refractivity contribution in [2.24, 2.45) is 11.8 Å². The van der Waals surface area contributed by atoms with Gasteiger partial charge in [-0.05, 0) is 55.0 Å². The van der Waals surface area contributed by atoms with Gasteiger partial charge < -0.3 is 9.47 Å². The molecule has 0 aromatic heterocycles. The third kappa shape index (κ3) is 4.02. The molecule has 34 heavy (non-hydrogen) atoms. The first-order valence-corrected chi connectivity index (χ1v) is 12.2. The maximum Gasteiger partial charge on any atom is 0.261 e. The fourth-order valence-electron chi connectivity index (χ4n) is 5.77. The number of hydroxylamine groups is 1. The molecule has 1 saturated carbocycles. The van der Waals surface area contributed by atoms with E-state index in [4.69, 9.17) is 14.3 Å². The Bertz CT molecular complexity index is 1040. The third-order valence-electron chi connectivity index (χ3n) is 7.47. The molecule has 2 aliphatic heterocycles. The average molecular weight is 465 g/mol. The molecule has 2 aromatic carbocycles.